The highest BCUT2D eigenvalue weighted by atomic mass is 16.8. The highest BCUT2D eigenvalue weighted by Crippen LogP contribution is 2.40. The first kappa shape index (κ1) is 45.2. The van der Waals surface area contributed by atoms with Gasteiger partial charge in [0, 0.05) is 17.7 Å². The highest BCUT2D eigenvalue weighted by molar-refractivity contribution is 5.88. The largest absolute Gasteiger partial charge is 0.508 e. The average Bonchev–Trinajstić information content (AvgIpc) is 3.52. The Morgan fingerprint density at radius 3 is 1.97 bits per heavy atom. The molecule has 0 radical (unpaired) electrons. The molecule has 1 aromatic heterocycles. The molecule has 0 saturated carbocycles. The van der Waals surface area contributed by atoms with E-state index in [2.05, 4.69) is 0 Å². The minimum Gasteiger partial charge on any atom is -0.508 e. The Morgan fingerprint density at radius 1 is 0.721 bits per heavy atom. The summed E-state index contributed by atoms with van der Waals surface area (Å²) in [5.41, 5.74) is -3.56. The van der Waals surface area contributed by atoms with Crippen molar-refractivity contribution in [3.05, 3.63) is 46.6 Å². The second-order valence-electron chi connectivity index (χ2n) is 15.4. The van der Waals surface area contributed by atoms with Crippen molar-refractivity contribution in [3.8, 4) is 34.3 Å². The van der Waals surface area contributed by atoms with E-state index in [-0.39, 0.29) is 22.6 Å². The Kier molecular flexibility index (Phi) is 13.1. The number of fused-ring (bicyclic) bond motifs is 1. The number of phenols is 2. The fourth-order valence-corrected chi connectivity index (χ4v) is 7.28. The van der Waals surface area contributed by atoms with E-state index in [1.165, 1.54) is 38.1 Å². The molecule has 5 heterocycles. The summed E-state index contributed by atoms with van der Waals surface area (Å²) in [6, 6.07) is 7.20. The van der Waals surface area contributed by atoms with Gasteiger partial charge in [0.1, 0.15) is 94.9 Å². The van der Waals surface area contributed by atoms with E-state index in [4.69, 9.17) is 42.3 Å². The predicted octanol–water partition coefficient (Wildman–Crippen LogP) is -4.43. The molecule has 61 heavy (non-hydrogen) atoms. The Hall–Kier alpha value is -3.83. The molecular formula is C38H48O23. The van der Waals surface area contributed by atoms with E-state index >= 15 is 0 Å². The summed E-state index contributed by atoms with van der Waals surface area (Å²) in [6.07, 6.45) is -28.2. The maximum absolute atomic E-state index is 14.5. The minimum atomic E-state index is -2.21. The Labute approximate surface area is 344 Å². The molecule has 0 bridgehead atoms. The second kappa shape index (κ2) is 17.7. The number of aromatic hydroxyl groups is 2. The third-order valence-corrected chi connectivity index (χ3v) is 11.1. The molecule has 0 unspecified atom stereocenters. The van der Waals surface area contributed by atoms with Crippen molar-refractivity contribution in [2.75, 3.05) is 19.8 Å². The lowest BCUT2D eigenvalue weighted by atomic mass is 9.97. The van der Waals surface area contributed by atoms with Gasteiger partial charge >= 0.3 is 0 Å². The van der Waals surface area contributed by atoms with Gasteiger partial charge in [0.15, 0.2) is 24.4 Å². The van der Waals surface area contributed by atoms with E-state index in [1.807, 2.05) is 0 Å². The number of hydrogen-bond donors (Lipinski definition) is 13. The number of phenolic OH excluding ortho intramolecular Hbond substituents is 2. The standard InChI is InChI=1S/C38H48O23/c1-12-21(42)25(46)28(49)34(55-12)53-9-19-23(44)27(48)32(61-37-33(51)38(52,10-39)11-54-37)36(59-19)60-31-24(45)20-17(41)7-16(57-35-29(50)26(47)22(43)13(2)56-35)8-18(20)58-30(31)14-3-5-15(40)6-4-14/h3-8,12-13,19,21-23,25-29,32-37,39-44,46-52H,9-11H2,1-2H3/t12-,13-,19+,21-,22-,23+,25+,26+,27-,28+,29+,32+,33-,34+,35-,36-,37-,38+/m0/s1. The van der Waals surface area contributed by atoms with Crippen molar-refractivity contribution in [1.29, 1.82) is 0 Å². The molecule has 23 heteroatoms. The monoisotopic (exact) mass is 872 g/mol. The van der Waals surface area contributed by atoms with Gasteiger partial charge < -0.3 is 109 Å². The Morgan fingerprint density at radius 2 is 1.34 bits per heavy atom. The van der Waals surface area contributed by atoms with Crippen LogP contribution in [-0.2, 0) is 28.4 Å². The van der Waals surface area contributed by atoms with Crippen molar-refractivity contribution >= 4 is 11.0 Å². The first-order valence-electron chi connectivity index (χ1n) is 19.1. The van der Waals surface area contributed by atoms with Crippen LogP contribution in [0.3, 0.4) is 0 Å². The zero-order valence-electron chi connectivity index (χ0n) is 32.3. The van der Waals surface area contributed by atoms with Crippen LogP contribution in [0.4, 0.5) is 0 Å². The van der Waals surface area contributed by atoms with Crippen LogP contribution in [0.15, 0.2) is 45.6 Å². The maximum Gasteiger partial charge on any atom is 0.239 e. The number of ether oxygens (including phenoxy) is 8. The quantitative estimate of drug-likeness (QED) is 0.0864. The molecule has 23 nitrogen and oxygen atoms in total. The summed E-state index contributed by atoms with van der Waals surface area (Å²) in [7, 11) is 0. The normalized spacial score (nSPS) is 40.6. The number of aliphatic hydroxyl groups is 11. The van der Waals surface area contributed by atoms with Gasteiger partial charge in [-0.25, -0.2) is 0 Å². The Bertz CT molecular complexity index is 2050. The fraction of sp³-hybridized carbons (Fsp3) is 0.605. The molecule has 338 valence electrons. The topological polar surface area (TPSA) is 367 Å². The van der Waals surface area contributed by atoms with E-state index in [0.29, 0.717) is 0 Å². The van der Waals surface area contributed by atoms with Crippen molar-refractivity contribution in [2.45, 2.75) is 124 Å². The summed E-state index contributed by atoms with van der Waals surface area (Å²) in [5, 5.41) is 136. The molecule has 7 rings (SSSR count). The smallest absolute Gasteiger partial charge is 0.239 e. The minimum absolute atomic E-state index is 0.0733. The van der Waals surface area contributed by atoms with Crippen LogP contribution in [0.25, 0.3) is 22.3 Å². The highest BCUT2D eigenvalue weighted by Gasteiger charge is 2.54. The molecule has 18 atom stereocenters. The van der Waals surface area contributed by atoms with Crippen LogP contribution in [0.2, 0.25) is 0 Å². The zero-order valence-corrected chi connectivity index (χ0v) is 32.3. The average molecular weight is 873 g/mol. The fourth-order valence-electron chi connectivity index (χ4n) is 7.28. The van der Waals surface area contributed by atoms with Crippen LogP contribution in [0.5, 0.6) is 23.0 Å². The number of benzene rings is 2. The number of rotatable bonds is 11. The van der Waals surface area contributed by atoms with E-state index in [9.17, 15) is 71.2 Å². The van der Waals surface area contributed by atoms with Gasteiger partial charge in [-0.2, -0.15) is 0 Å². The molecule has 13 N–H and O–H groups in total. The van der Waals surface area contributed by atoms with E-state index < -0.39 is 158 Å². The molecule has 0 spiro atoms. The summed E-state index contributed by atoms with van der Waals surface area (Å²) < 4.78 is 51.6. The van der Waals surface area contributed by atoms with Gasteiger partial charge in [-0.05, 0) is 38.1 Å². The molecule has 0 amide bonds. The SMILES string of the molecule is C[C@@H]1O[C@@H](OC[C@H]2O[C@@H](Oc3c(-c4ccc(O)cc4)oc4cc(O[C@@H]5O[C@@H](C)[C@H](O)[C@@H](O)[C@H]5O)cc(O)c4c3=O)[C@H](O[C@@H]3OC[C@](O)(CO)[C@H]3O)[C@@H](O)[C@@H]2O)[C@H](O)[C@H](O)[C@H]1O. The molecule has 3 aromatic rings. The zero-order chi connectivity index (χ0) is 44.2. The predicted molar refractivity (Wildman–Crippen MR) is 196 cm³/mol. The van der Waals surface area contributed by atoms with Crippen molar-refractivity contribution < 1.29 is 109 Å². The molecule has 0 aliphatic carbocycles. The molecular weight excluding hydrogens is 824 g/mol. The molecule has 4 saturated heterocycles. The van der Waals surface area contributed by atoms with Gasteiger partial charge in [-0.15, -0.1) is 0 Å². The molecule has 4 aliphatic heterocycles. The van der Waals surface area contributed by atoms with Gasteiger partial charge in [0.05, 0.1) is 32.0 Å². The second-order valence-corrected chi connectivity index (χ2v) is 15.4. The summed E-state index contributed by atoms with van der Waals surface area (Å²) in [5.74, 6) is -2.31. The summed E-state index contributed by atoms with van der Waals surface area (Å²) in [4.78, 5) is 14.5. The van der Waals surface area contributed by atoms with Gasteiger partial charge in [-0.1, -0.05) is 0 Å². The van der Waals surface area contributed by atoms with Crippen LogP contribution in [-0.4, -0.2) is 196 Å². The lowest BCUT2D eigenvalue weighted by Crippen LogP contribution is -2.63. The molecule has 4 fully saturated rings. The van der Waals surface area contributed by atoms with Crippen molar-refractivity contribution in [2.24, 2.45) is 0 Å². The van der Waals surface area contributed by atoms with Gasteiger partial charge in [0.25, 0.3) is 0 Å². The third kappa shape index (κ3) is 8.63. The van der Waals surface area contributed by atoms with Crippen LogP contribution in [0.1, 0.15) is 13.8 Å². The Balaban J connectivity index is 1.26. The molecule has 4 aliphatic rings. The summed E-state index contributed by atoms with van der Waals surface area (Å²) in [6.45, 7) is 0.509. The van der Waals surface area contributed by atoms with Crippen LogP contribution in [0, 0.1) is 0 Å². The van der Waals surface area contributed by atoms with E-state index in [1.54, 1.807) is 0 Å². The van der Waals surface area contributed by atoms with Crippen molar-refractivity contribution in [1.82, 2.24) is 0 Å². The number of hydrogen-bond acceptors (Lipinski definition) is 23. The number of aliphatic hydroxyl groups excluding tert-OH is 10. The van der Waals surface area contributed by atoms with Crippen LogP contribution >= 0.6 is 0 Å². The lowest BCUT2D eigenvalue weighted by molar-refractivity contribution is -0.335. The third-order valence-electron chi connectivity index (χ3n) is 11.1. The summed E-state index contributed by atoms with van der Waals surface area (Å²) >= 11 is 0. The maximum atomic E-state index is 14.5. The van der Waals surface area contributed by atoms with Crippen molar-refractivity contribution in [3.63, 3.8) is 0 Å². The first-order chi connectivity index (χ1) is 28.8. The van der Waals surface area contributed by atoms with Crippen LogP contribution < -0.4 is 14.9 Å². The first-order valence-corrected chi connectivity index (χ1v) is 19.1. The van der Waals surface area contributed by atoms with Gasteiger partial charge in [-0.3, -0.25) is 4.79 Å². The van der Waals surface area contributed by atoms with Gasteiger partial charge in [0.2, 0.25) is 23.8 Å². The lowest BCUT2D eigenvalue weighted by Gasteiger charge is -2.44. The molecule has 2 aromatic carbocycles. The van der Waals surface area contributed by atoms with E-state index in [0.717, 1.165) is 12.1 Å².